The minimum absolute atomic E-state index is 0.0122. The summed E-state index contributed by atoms with van der Waals surface area (Å²) in [4.78, 5) is 25.2. The summed E-state index contributed by atoms with van der Waals surface area (Å²) in [5, 5.41) is 2.86. The fourth-order valence-corrected chi connectivity index (χ4v) is 4.10. The first-order valence-corrected chi connectivity index (χ1v) is 9.01. The minimum atomic E-state index is -0.515. The zero-order chi connectivity index (χ0) is 19.0. The van der Waals surface area contributed by atoms with E-state index in [4.69, 9.17) is 4.74 Å². The van der Waals surface area contributed by atoms with Crippen LogP contribution in [0, 0.1) is 5.82 Å². The van der Waals surface area contributed by atoms with Crippen LogP contribution < -0.4 is 10.1 Å². The van der Waals surface area contributed by atoms with E-state index in [9.17, 15) is 14.0 Å². The van der Waals surface area contributed by atoms with Gasteiger partial charge in [-0.3, -0.25) is 9.59 Å². The SMILES string of the molecule is COc1ccc(C2CC(=O)C3=C(C2)NC(=O)CC3c2ccccc2F)cc1. The number of carbonyl (C=O) groups excluding carboxylic acids is 2. The molecular weight excluding hydrogens is 345 g/mol. The first-order valence-electron chi connectivity index (χ1n) is 9.01. The molecule has 2 aromatic carbocycles. The molecule has 1 aliphatic heterocycles. The van der Waals surface area contributed by atoms with Crippen molar-refractivity contribution in [2.24, 2.45) is 0 Å². The van der Waals surface area contributed by atoms with Crippen molar-refractivity contribution in [2.75, 3.05) is 7.11 Å². The van der Waals surface area contributed by atoms with Crippen molar-refractivity contribution in [1.29, 1.82) is 0 Å². The van der Waals surface area contributed by atoms with Gasteiger partial charge < -0.3 is 10.1 Å². The molecule has 4 rings (SSSR count). The molecule has 2 aliphatic rings. The standard InChI is InChI=1S/C22H20FNO3/c1-27-15-8-6-13(7-9-15)14-10-19-22(20(25)11-14)17(12-21(26)24-19)16-4-2-3-5-18(16)23/h2-9,14,17H,10-12H2,1H3,(H,24,26). The highest BCUT2D eigenvalue weighted by Crippen LogP contribution is 2.43. The van der Waals surface area contributed by atoms with Gasteiger partial charge in [0.2, 0.25) is 5.91 Å². The molecule has 0 fully saturated rings. The van der Waals surface area contributed by atoms with Gasteiger partial charge in [-0.25, -0.2) is 4.39 Å². The molecule has 1 aliphatic carbocycles. The number of halogens is 1. The molecule has 27 heavy (non-hydrogen) atoms. The highest BCUT2D eigenvalue weighted by molar-refractivity contribution is 6.02. The Bertz CT molecular complexity index is 933. The van der Waals surface area contributed by atoms with E-state index in [1.54, 1.807) is 25.3 Å². The Morgan fingerprint density at radius 1 is 1.00 bits per heavy atom. The number of hydrogen-bond acceptors (Lipinski definition) is 3. The summed E-state index contributed by atoms with van der Waals surface area (Å²) in [6.45, 7) is 0. The Morgan fingerprint density at radius 2 is 1.74 bits per heavy atom. The largest absolute Gasteiger partial charge is 0.497 e. The molecule has 2 aromatic rings. The smallest absolute Gasteiger partial charge is 0.225 e. The summed E-state index contributed by atoms with van der Waals surface area (Å²) in [6.07, 6.45) is 1.01. The van der Waals surface area contributed by atoms with E-state index in [0.29, 0.717) is 29.7 Å². The van der Waals surface area contributed by atoms with Gasteiger partial charge in [0.15, 0.2) is 5.78 Å². The summed E-state index contributed by atoms with van der Waals surface area (Å²) in [5.41, 5.74) is 2.63. The lowest BCUT2D eigenvalue weighted by Gasteiger charge is -2.34. The second kappa shape index (κ2) is 6.99. The maximum absolute atomic E-state index is 14.3. The highest BCUT2D eigenvalue weighted by Gasteiger charge is 2.38. The molecule has 0 aromatic heterocycles. The second-order valence-corrected chi connectivity index (χ2v) is 7.02. The monoisotopic (exact) mass is 365 g/mol. The van der Waals surface area contributed by atoms with Crippen LogP contribution in [0.1, 0.15) is 42.2 Å². The molecule has 1 amide bonds. The first-order chi connectivity index (χ1) is 13.1. The zero-order valence-corrected chi connectivity index (χ0v) is 15.0. The third kappa shape index (κ3) is 3.25. The molecule has 1 heterocycles. The van der Waals surface area contributed by atoms with E-state index in [2.05, 4.69) is 5.32 Å². The Hall–Kier alpha value is -2.95. The molecule has 1 N–H and O–H groups in total. The number of hydrogen-bond donors (Lipinski definition) is 1. The average Bonchev–Trinajstić information content (AvgIpc) is 2.67. The summed E-state index contributed by atoms with van der Waals surface area (Å²) in [5.74, 6) is -0.350. The first kappa shape index (κ1) is 17.5. The van der Waals surface area contributed by atoms with Crippen LogP contribution in [0.25, 0.3) is 0 Å². The Balaban J connectivity index is 1.70. The van der Waals surface area contributed by atoms with Crippen molar-refractivity contribution < 1.29 is 18.7 Å². The van der Waals surface area contributed by atoms with Crippen LogP contribution in [-0.2, 0) is 9.59 Å². The van der Waals surface area contributed by atoms with Crippen molar-refractivity contribution >= 4 is 11.7 Å². The molecule has 2 unspecified atom stereocenters. The number of rotatable bonds is 3. The molecular formula is C22H20FNO3. The number of Topliss-reactive ketones (excluding diaryl/α,β-unsaturated/α-hetero) is 1. The Kier molecular flexibility index (Phi) is 4.52. The van der Waals surface area contributed by atoms with Crippen molar-refractivity contribution in [2.45, 2.75) is 31.1 Å². The summed E-state index contributed by atoms with van der Waals surface area (Å²) >= 11 is 0. The second-order valence-electron chi connectivity index (χ2n) is 7.02. The molecule has 2 atom stereocenters. The molecule has 0 saturated carbocycles. The van der Waals surface area contributed by atoms with E-state index in [0.717, 1.165) is 11.3 Å². The molecule has 0 radical (unpaired) electrons. The summed E-state index contributed by atoms with van der Waals surface area (Å²) < 4.78 is 19.5. The van der Waals surface area contributed by atoms with Crippen molar-refractivity contribution in [1.82, 2.24) is 5.32 Å². The van der Waals surface area contributed by atoms with Gasteiger partial charge in [0.25, 0.3) is 0 Å². The van der Waals surface area contributed by atoms with Crippen LogP contribution in [0.2, 0.25) is 0 Å². The minimum Gasteiger partial charge on any atom is -0.497 e. The highest BCUT2D eigenvalue weighted by atomic mass is 19.1. The third-order valence-electron chi connectivity index (χ3n) is 5.40. The van der Waals surface area contributed by atoms with Crippen LogP contribution in [0.3, 0.4) is 0 Å². The van der Waals surface area contributed by atoms with E-state index >= 15 is 0 Å². The van der Waals surface area contributed by atoms with Gasteiger partial charge in [-0.2, -0.15) is 0 Å². The van der Waals surface area contributed by atoms with Crippen LogP contribution in [0.4, 0.5) is 4.39 Å². The van der Waals surface area contributed by atoms with E-state index < -0.39 is 5.92 Å². The number of carbonyl (C=O) groups is 2. The van der Waals surface area contributed by atoms with Gasteiger partial charge in [-0.15, -0.1) is 0 Å². The number of amides is 1. The van der Waals surface area contributed by atoms with Crippen molar-refractivity contribution in [3.63, 3.8) is 0 Å². The predicted octanol–water partition coefficient (Wildman–Crippen LogP) is 3.84. The molecule has 0 spiro atoms. The lowest BCUT2D eigenvalue weighted by atomic mass is 9.73. The van der Waals surface area contributed by atoms with Crippen LogP contribution >= 0.6 is 0 Å². The van der Waals surface area contributed by atoms with Gasteiger partial charge >= 0.3 is 0 Å². The molecule has 5 heteroatoms. The van der Waals surface area contributed by atoms with Gasteiger partial charge in [-0.05, 0) is 41.7 Å². The summed E-state index contributed by atoms with van der Waals surface area (Å²) in [7, 11) is 1.61. The Morgan fingerprint density at radius 3 is 2.44 bits per heavy atom. The van der Waals surface area contributed by atoms with E-state index in [1.807, 2.05) is 24.3 Å². The van der Waals surface area contributed by atoms with Crippen LogP contribution in [0.15, 0.2) is 59.8 Å². The maximum atomic E-state index is 14.3. The van der Waals surface area contributed by atoms with Crippen LogP contribution in [0.5, 0.6) is 5.75 Å². The fourth-order valence-electron chi connectivity index (χ4n) is 4.10. The maximum Gasteiger partial charge on any atom is 0.225 e. The predicted molar refractivity (Wildman–Crippen MR) is 98.9 cm³/mol. The zero-order valence-electron chi connectivity index (χ0n) is 15.0. The number of nitrogens with one attached hydrogen (secondary N) is 1. The number of ketones is 1. The molecule has 4 nitrogen and oxygen atoms in total. The number of allylic oxidation sites excluding steroid dienone is 2. The van der Waals surface area contributed by atoms with Gasteiger partial charge in [0, 0.05) is 30.0 Å². The lowest BCUT2D eigenvalue weighted by Crippen LogP contribution is -2.38. The number of benzene rings is 2. The average molecular weight is 365 g/mol. The summed E-state index contributed by atoms with van der Waals surface area (Å²) in [6, 6.07) is 14.0. The van der Waals surface area contributed by atoms with Gasteiger partial charge in [0.1, 0.15) is 11.6 Å². The number of methoxy groups -OCH3 is 1. The topological polar surface area (TPSA) is 55.4 Å². The number of ether oxygens (including phenoxy) is 1. The molecule has 0 bridgehead atoms. The Labute approximate surface area is 157 Å². The van der Waals surface area contributed by atoms with Crippen molar-refractivity contribution in [3.8, 4) is 5.75 Å². The van der Waals surface area contributed by atoms with Crippen molar-refractivity contribution in [3.05, 3.63) is 76.7 Å². The van der Waals surface area contributed by atoms with Gasteiger partial charge in [0.05, 0.1) is 7.11 Å². The quantitative estimate of drug-likeness (QED) is 0.899. The van der Waals surface area contributed by atoms with Crippen LogP contribution in [-0.4, -0.2) is 18.8 Å². The molecule has 138 valence electrons. The normalized spacial score (nSPS) is 22.3. The lowest BCUT2D eigenvalue weighted by molar-refractivity contribution is -0.122. The van der Waals surface area contributed by atoms with Gasteiger partial charge in [-0.1, -0.05) is 30.3 Å². The van der Waals surface area contributed by atoms with E-state index in [-0.39, 0.29) is 29.8 Å². The molecule has 0 saturated heterocycles. The fraction of sp³-hybridized carbons (Fsp3) is 0.273. The third-order valence-corrected chi connectivity index (χ3v) is 5.40. The van der Waals surface area contributed by atoms with E-state index in [1.165, 1.54) is 6.07 Å².